The Balaban J connectivity index is 1.24. The average molecular weight is 451 g/mol. The van der Waals surface area contributed by atoms with E-state index in [1.807, 2.05) is 24.3 Å². The number of aromatic carboxylic acids is 1. The van der Waals surface area contributed by atoms with Crippen molar-refractivity contribution in [3.05, 3.63) is 83.7 Å². The molecule has 0 radical (unpaired) electrons. The molecule has 1 heterocycles. The van der Waals surface area contributed by atoms with E-state index >= 15 is 0 Å². The lowest BCUT2D eigenvalue weighted by Gasteiger charge is -2.27. The zero-order valence-electron chi connectivity index (χ0n) is 18.0. The Morgan fingerprint density at radius 3 is 2.55 bits per heavy atom. The Hall–Kier alpha value is -3.42. The maximum absolute atomic E-state index is 12.9. The van der Waals surface area contributed by atoms with Gasteiger partial charge < -0.3 is 25.0 Å². The second-order valence-electron chi connectivity index (χ2n) is 8.06. The van der Waals surface area contributed by atoms with Gasteiger partial charge in [0.15, 0.2) is 0 Å². The summed E-state index contributed by atoms with van der Waals surface area (Å²) >= 11 is 0. The second-order valence-corrected chi connectivity index (χ2v) is 8.06. The summed E-state index contributed by atoms with van der Waals surface area (Å²) in [5.41, 5.74) is 3.37. The summed E-state index contributed by atoms with van der Waals surface area (Å²) in [6.07, 6.45) is 1.03. The van der Waals surface area contributed by atoms with Crippen molar-refractivity contribution in [2.75, 3.05) is 19.7 Å². The van der Waals surface area contributed by atoms with Gasteiger partial charge in [0.25, 0.3) is 0 Å². The predicted molar refractivity (Wildman–Crippen MR) is 122 cm³/mol. The lowest BCUT2D eigenvalue weighted by Crippen LogP contribution is -2.39. The van der Waals surface area contributed by atoms with Gasteiger partial charge in [0.05, 0.1) is 5.56 Å². The third-order valence-electron chi connectivity index (χ3n) is 5.56. The lowest BCUT2D eigenvalue weighted by atomic mass is 9.96. The molecule has 2 atom stereocenters. The molecule has 6 nitrogen and oxygen atoms in total. The molecule has 3 N–H and O–H groups in total. The molecule has 172 valence electrons. The van der Waals surface area contributed by atoms with Gasteiger partial charge in [-0.15, -0.1) is 0 Å². The number of carboxylic acids is 1. The number of fused-ring (bicyclic) bond motifs is 1. The maximum atomic E-state index is 12.9. The van der Waals surface area contributed by atoms with Crippen LogP contribution in [0.15, 0.2) is 66.7 Å². The van der Waals surface area contributed by atoms with Gasteiger partial charge in [0, 0.05) is 13.1 Å². The molecule has 0 saturated carbocycles. The number of benzene rings is 3. The van der Waals surface area contributed by atoms with E-state index in [0.29, 0.717) is 18.8 Å². The van der Waals surface area contributed by atoms with Crippen LogP contribution in [0.2, 0.25) is 0 Å². The van der Waals surface area contributed by atoms with Crippen molar-refractivity contribution in [3.8, 4) is 22.6 Å². The van der Waals surface area contributed by atoms with Gasteiger partial charge >= 0.3 is 5.97 Å². The first-order valence-corrected chi connectivity index (χ1v) is 10.9. The Labute approximate surface area is 191 Å². The molecule has 0 spiro atoms. The summed E-state index contributed by atoms with van der Waals surface area (Å²) in [7, 11) is 0. The van der Waals surface area contributed by atoms with Gasteiger partial charge in [-0.25, -0.2) is 9.18 Å². The third-order valence-corrected chi connectivity index (χ3v) is 5.56. The lowest BCUT2D eigenvalue weighted by molar-refractivity contribution is 0.0697. The third kappa shape index (κ3) is 6.09. The fourth-order valence-corrected chi connectivity index (χ4v) is 3.77. The van der Waals surface area contributed by atoms with Crippen LogP contribution in [0, 0.1) is 5.82 Å². The Kier molecular flexibility index (Phi) is 7.22. The zero-order valence-corrected chi connectivity index (χ0v) is 18.0. The minimum atomic E-state index is -0.937. The standard InChI is InChI=1S/C26H26FNO5/c27-21-7-10-23(11-8-21)32-16-22(29)14-28-15-24-9-5-20-13-19(6-12-25(20)33-24)17-1-3-18(4-2-17)26(30)31/h1-4,6-8,10-13,22,24,28-29H,5,9,14-16H2,(H,30,31)/t22?,24-/m1/s1. The SMILES string of the molecule is O=C(O)c1ccc(-c2ccc3c(c2)CC[C@H](CNCC(O)COc2ccc(F)cc2)O3)cc1. The molecular weight excluding hydrogens is 425 g/mol. The van der Waals surface area contributed by atoms with Crippen molar-refractivity contribution >= 4 is 5.97 Å². The van der Waals surface area contributed by atoms with Crippen molar-refractivity contribution in [1.29, 1.82) is 0 Å². The zero-order chi connectivity index (χ0) is 23.2. The Morgan fingerprint density at radius 2 is 1.82 bits per heavy atom. The number of carboxylic acid groups (broad SMARTS) is 1. The molecule has 3 aromatic carbocycles. The average Bonchev–Trinajstić information content (AvgIpc) is 2.83. The molecule has 4 rings (SSSR count). The number of halogens is 1. The molecule has 0 fully saturated rings. The van der Waals surface area contributed by atoms with E-state index in [9.17, 15) is 14.3 Å². The first-order chi connectivity index (χ1) is 16.0. The highest BCUT2D eigenvalue weighted by molar-refractivity contribution is 5.88. The Morgan fingerprint density at radius 1 is 1.09 bits per heavy atom. The number of rotatable bonds is 9. The van der Waals surface area contributed by atoms with E-state index in [1.165, 1.54) is 24.3 Å². The van der Waals surface area contributed by atoms with E-state index in [4.69, 9.17) is 14.6 Å². The topological polar surface area (TPSA) is 88.0 Å². The highest BCUT2D eigenvalue weighted by atomic mass is 19.1. The predicted octanol–water partition coefficient (Wildman–Crippen LogP) is 3.91. The number of nitrogens with one attached hydrogen (secondary N) is 1. The van der Waals surface area contributed by atoms with Crippen molar-refractivity contribution < 1.29 is 28.9 Å². The monoisotopic (exact) mass is 451 g/mol. The molecule has 1 aliphatic rings. The Bertz CT molecular complexity index is 1080. The van der Waals surface area contributed by atoms with Gasteiger partial charge in [0.2, 0.25) is 0 Å². The van der Waals surface area contributed by atoms with Crippen LogP contribution in [0.5, 0.6) is 11.5 Å². The second kappa shape index (κ2) is 10.5. The fraction of sp³-hybridized carbons (Fsp3) is 0.269. The molecular formula is C26H26FNO5. The quantitative estimate of drug-likeness (QED) is 0.457. The van der Waals surface area contributed by atoms with Crippen LogP contribution in [0.25, 0.3) is 11.1 Å². The first-order valence-electron chi connectivity index (χ1n) is 10.9. The summed E-state index contributed by atoms with van der Waals surface area (Å²) in [6, 6.07) is 18.5. The van der Waals surface area contributed by atoms with Crippen LogP contribution in [0.4, 0.5) is 4.39 Å². The van der Waals surface area contributed by atoms with E-state index in [-0.39, 0.29) is 24.1 Å². The number of hydrogen-bond donors (Lipinski definition) is 3. The summed E-state index contributed by atoms with van der Waals surface area (Å²) in [6.45, 7) is 1.08. The van der Waals surface area contributed by atoms with Crippen molar-refractivity contribution in [2.45, 2.75) is 25.0 Å². The van der Waals surface area contributed by atoms with Crippen molar-refractivity contribution in [2.24, 2.45) is 0 Å². The van der Waals surface area contributed by atoms with Crippen LogP contribution < -0.4 is 14.8 Å². The van der Waals surface area contributed by atoms with E-state index in [0.717, 1.165) is 35.3 Å². The van der Waals surface area contributed by atoms with Gasteiger partial charge in [-0.2, -0.15) is 0 Å². The largest absolute Gasteiger partial charge is 0.491 e. The van der Waals surface area contributed by atoms with E-state index in [1.54, 1.807) is 12.1 Å². The molecule has 33 heavy (non-hydrogen) atoms. The maximum Gasteiger partial charge on any atom is 0.335 e. The number of aryl methyl sites for hydroxylation is 1. The minimum Gasteiger partial charge on any atom is -0.491 e. The van der Waals surface area contributed by atoms with Gasteiger partial charge in [-0.3, -0.25) is 0 Å². The highest BCUT2D eigenvalue weighted by Crippen LogP contribution is 2.32. The molecule has 0 aromatic heterocycles. The van der Waals surface area contributed by atoms with Crippen molar-refractivity contribution in [1.82, 2.24) is 5.32 Å². The molecule has 0 aliphatic carbocycles. The van der Waals surface area contributed by atoms with E-state index in [2.05, 4.69) is 11.4 Å². The van der Waals surface area contributed by atoms with Gasteiger partial charge in [-0.05, 0) is 78.1 Å². The van der Waals surface area contributed by atoms with Gasteiger partial charge in [-0.1, -0.05) is 18.2 Å². The van der Waals surface area contributed by atoms with Crippen LogP contribution in [-0.2, 0) is 6.42 Å². The number of carbonyl (C=O) groups is 1. The number of ether oxygens (including phenoxy) is 2. The minimum absolute atomic E-state index is 0.00316. The van der Waals surface area contributed by atoms with Crippen molar-refractivity contribution in [3.63, 3.8) is 0 Å². The van der Waals surface area contributed by atoms with E-state index < -0.39 is 12.1 Å². The molecule has 3 aromatic rings. The number of aliphatic hydroxyl groups is 1. The summed E-state index contributed by atoms with van der Waals surface area (Å²) in [4.78, 5) is 11.0. The fourth-order valence-electron chi connectivity index (χ4n) is 3.77. The normalized spacial score (nSPS) is 15.9. The van der Waals surface area contributed by atoms with Crippen LogP contribution in [0.1, 0.15) is 22.3 Å². The molecule has 7 heteroatoms. The number of aliphatic hydroxyl groups excluding tert-OH is 1. The molecule has 0 bridgehead atoms. The van der Waals surface area contributed by atoms with Gasteiger partial charge in [0.1, 0.15) is 36.1 Å². The highest BCUT2D eigenvalue weighted by Gasteiger charge is 2.20. The first kappa shape index (κ1) is 22.8. The summed E-state index contributed by atoms with van der Waals surface area (Å²) in [5.74, 6) is 0.0937. The van der Waals surface area contributed by atoms with Crippen LogP contribution in [0.3, 0.4) is 0 Å². The van der Waals surface area contributed by atoms with Crippen LogP contribution >= 0.6 is 0 Å². The smallest absolute Gasteiger partial charge is 0.335 e. The van der Waals surface area contributed by atoms with Crippen LogP contribution in [-0.4, -0.2) is 48.1 Å². The summed E-state index contributed by atoms with van der Waals surface area (Å²) in [5, 5.41) is 22.4. The molecule has 1 aliphatic heterocycles. The number of hydrogen-bond acceptors (Lipinski definition) is 5. The molecule has 0 saturated heterocycles. The molecule has 1 unspecified atom stereocenters. The molecule has 0 amide bonds. The summed E-state index contributed by atoms with van der Waals surface area (Å²) < 4.78 is 24.5.